The van der Waals surface area contributed by atoms with Crippen molar-refractivity contribution in [2.24, 2.45) is 5.73 Å². The molecule has 0 spiro atoms. The predicted octanol–water partition coefficient (Wildman–Crippen LogP) is 2.36. The molecule has 2 rings (SSSR count). The van der Waals surface area contributed by atoms with E-state index in [-0.39, 0.29) is 5.69 Å². The lowest BCUT2D eigenvalue weighted by atomic mass is 10.2. The van der Waals surface area contributed by atoms with Crippen LogP contribution in [0.25, 0.3) is 0 Å². The highest BCUT2D eigenvalue weighted by Crippen LogP contribution is 2.23. The van der Waals surface area contributed by atoms with Gasteiger partial charge in [0.2, 0.25) is 0 Å². The quantitative estimate of drug-likeness (QED) is 0.909. The van der Waals surface area contributed by atoms with Crippen molar-refractivity contribution in [2.45, 2.75) is 11.4 Å². The molecule has 0 unspecified atom stereocenters. The first-order valence-corrected chi connectivity index (χ1v) is 7.29. The van der Waals surface area contributed by atoms with Gasteiger partial charge in [-0.2, -0.15) is 0 Å². The minimum absolute atomic E-state index is 0.0504. The Morgan fingerprint density at radius 2 is 1.62 bits per heavy atom. The Morgan fingerprint density at radius 3 is 2.19 bits per heavy atom. The van der Waals surface area contributed by atoms with Crippen molar-refractivity contribution in [3.05, 3.63) is 59.4 Å². The van der Waals surface area contributed by atoms with E-state index in [0.717, 1.165) is 24.3 Å². The van der Waals surface area contributed by atoms with Gasteiger partial charge in [-0.15, -0.1) is 0 Å². The molecule has 0 aliphatic carbocycles. The summed E-state index contributed by atoms with van der Waals surface area (Å²) < 4.78 is 66.3. The Balaban J connectivity index is 2.42. The molecule has 0 fully saturated rings. The highest BCUT2D eigenvalue weighted by atomic mass is 32.2. The maximum Gasteiger partial charge on any atom is 0.264 e. The Kier molecular flexibility index (Phi) is 4.19. The molecule has 0 heterocycles. The fraction of sp³-hybridized carbons (Fsp3) is 0.0769. The molecule has 21 heavy (non-hydrogen) atoms. The molecule has 3 N–H and O–H groups in total. The van der Waals surface area contributed by atoms with Crippen LogP contribution in [0.5, 0.6) is 0 Å². The second-order valence-electron chi connectivity index (χ2n) is 4.15. The van der Waals surface area contributed by atoms with Crippen molar-refractivity contribution in [1.29, 1.82) is 0 Å². The fourth-order valence-corrected chi connectivity index (χ4v) is 2.86. The molecule has 0 aromatic heterocycles. The highest BCUT2D eigenvalue weighted by Gasteiger charge is 2.23. The molecule has 0 saturated carbocycles. The van der Waals surface area contributed by atoms with Crippen molar-refractivity contribution in [3.63, 3.8) is 0 Å². The van der Waals surface area contributed by atoms with Crippen LogP contribution in [-0.2, 0) is 16.6 Å². The Hall–Kier alpha value is -2.06. The smallest absolute Gasteiger partial charge is 0.264 e. The SMILES string of the molecule is NCc1c(F)ccc(S(=O)(=O)Nc2ccc(F)cc2)c1F. The molecule has 0 aliphatic rings. The number of benzene rings is 2. The van der Waals surface area contributed by atoms with Crippen molar-refractivity contribution in [3.8, 4) is 0 Å². The van der Waals surface area contributed by atoms with Gasteiger partial charge in [-0.1, -0.05) is 0 Å². The van der Waals surface area contributed by atoms with Crippen molar-refractivity contribution < 1.29 is 21.6 Å². The van der Waals surface area contributed by atoms with E-state index in [1.807, 2.05) is 0 Å². The third-order valence-corrected chi connectivity index (χ3v) is 4.14. The molecule has 0 radical (unpaired) electrons. The Bertz CT molecular complexity index is 762. The summed E-state index contributed by atoms with van der Waals surface area (Å²) in [6.07, 6.45) is 0. The first-order chi connectivity index (χ1) is 9.85. The van der Waals surface area contributed by atoms with Crippen LogP contribution in [0.2, 0.25) is 0 Å². The van der Waals surface area contributed by atoms with Crippen molar-refractivity contribution >= 4 is 15.7 Å². The van der Waals surface area contributed by atoms with Crippen molar-refractivity contribution in [1.82, 2.24) is 0 Å². The van der Waals surface area contributed by atoms with Crippen LogP contribution >= 0.6 is 0 Å². The standard InChI is InChI=1S/C13H11F3N2O2S/c14-8-1-3-9(4-2-8)18-21(19,20)12-6-5-11(15)10(7-17)13(12)16/h1-6,18H,7,17H2. The summed E-state index contributed by atoms with van der Waals surface area (Å²) in [4.78, 5) is -0.728. The zero-order valence-electron chi connectivity index (χ0n) is 10.6. The lowest BCUT2D eigenvalue weighted by Gasteiger charge is -2.11. The molecule has 2 aromatic rings. The van der Waals surface area contributed by atoms with Crippen molar-refractivity contribution in [2.75, 3.05) is 4.72 Å². The minimum Gasteiger partial charge on any atom is -0.326 e. The van der Waals surface area contributed by atoms with Gasteiger partial charge in [0.25, 0.3) is 10.0 Å². The summed E-state index contributed by atoms with van der Waals surface area (Å²) in [5.74, 6) is -2.71. The number of hydrogen-bond donors (Lipinski definition) is 2. The average Bonchev–Trinajstić information content (AvgIpc) is 2.41. The van der Waals surface area contributed by atoms with E-state index in [4.69, 9.17) is 5.73 Å². The minimum atomic E-state index is -4.28. The number of hydrogen-bond acceptors (Lipinski definition) is 3. The van der Waals surface area contributed by atoms with Gasteiger partial charge in [0, 0.05) is 17.8 Å². The molecule has 0 bridgehead atoms. The van der Waals surface area contributed by atoms with Gasteiger partial charge in [-0.25, -0.2) is 21.6 Å². The van der Waals surface area contributed by atoms with Gasteiger partial charge in [-0.3, -0.25) is 4.72 Å². The second-order valence-corrected chi connectivity index (χ2v) is 5.81. The summed E-state index contributed by atoms with van der Waals surface area (Å²) in [6.45, 7) is -0.475. The number of nitrogens with one attached hydrogen (secondary N) is 1. The summed E-state index contributed by atoms with van der Waals surface area (Å²) in [6, 6.07) is 6.07. The molecule has 0 atom stereocenters. The Morgan fingerprint density at radius 1 is 1.00 bits per heavy atom. The number of sulfonamides is 1. The van der Waals surface area contributed by atoms with E-state index >= 15 is 0 Å². The second kappa shape index (κ2) is 5.74. The maximum absolute atomic E-state index is 14.0. The fourth-order valence-electron chi connectivity index (χ4n) is 1.70. The lowest BCUT2D eigenvalue weighted by molar-refractivity contribution is 0.530. The van der Waals surface area contributed by atoms with Gasteiger partial charge in [-0.05, 0) is 36.4 Å². The molecule has 0 saturated heterocycles. The molecule has 112 valence electrons. The summed E-state index contributed by atoms with van der Waals surface area (Å²) in [5.41, 5.74) is 4.73. The van der Waals surface area contributed by atoms with Gasteiger partial charge in [0.15, 0.2) is 5.82 Å². The van der Waals surface area contributed by atoms with Crippen LogP contribution in [0.4, 0.5) is 18.9 Å². The van der Waals surface area contributed by atoms with E-state index in [1.165, 1.54) is 12.1 Å². The van der Waals surface area contributed by atoms with Crippen LogP contribution in [0, 0.1) is 17.5 Å². The zero-order valence-corrected chi connectivity index (χ0v) is 11.4. The number of nitrogens with two attached hydrogens (primary N) is 1. The molecule has 2 aromatic carbocycles. The van der Waals surface area contributed by atoms with Crippen LogP contribution in [0.1, 0.15) is 5.56 Å². The van der Waals surface area contributed by atoms with Gasteiger partial charge < -0.3 is 5.73 Å². The topological polar surface area (TPSA) is 72.2 Å². The monoisotopic (exact) mass is 316 g/mol. The van der Waals surface area contributed by atoms with E-state index < -0.39 is 44.5 Å². The third-order valence-electron chi connectivity index (χ3n) is 2.74. The first-order valence-electron chi connectivity index (χ1n) is 5.80. The molecular formula is C13H11F3N2O2S. The molecule has 4 nitrogen and oxygen atoms in total. The van der Waals surface area contributed by atoms with E-state index in [2.05, 4.69) is 4.72 Å². The largest absolute Gasteiger partial charge is 0.326 e. The maximum atomic E-state index is 14.0. The molecular weight excluding hydrogens is 305 g/mol. The van der Waals surface area contributed by atoms with E-state index in [1.54, 1.807) is 0 Å². The number of anilines is 1. The summed E-state index contributed by atoms with van der Waals surface area (Å²) >= 11 is 0. The first kappa shape index (κ1) is 15.3. The van der Waals surface area contributed by atoms with Gasteiger partial charge in [0.1, 0.15) is 16.5 Å². The zero-order chi connectivity index (χ0) is 15.6. The summed E-state index contributed by atoms with van der Waals surface area (Å²) in [5, 5.41) is 0. The third kappa shape index (κ3) is 3.17. The Labute approximate surface area is 119 Å². The molecule has 0 aliphatic heterocycles. The number of rotatable bonds is 4. The van der Waals surface area contributed by atoms with Crippen LogP contribution in [-0.4, -0.2) is 8.42 Å². The van der Waals surface area contributed by atoms with E-state index in [0.29, 0.717) is 0 Å². The van der Waals surface area contributed by atoms with Crippen LogP contribution in [0.3, 0.4) is 0 Å². The molecule has 8 heteroatoms. The van der Waals surface area contributed by atoms with Gasteiger partial charge >= 0.3 is 0 Å². The summed E-state index contributed by atoms with van der Waals surface area (Å²) in [7, 11) is -4.28. The normalized spacial score (nSPS) is 11.4. The van der Waals surface area contributed by atoms with Crippen LogP contribution < -0.4 is 10.5 Å². The highest BCUT2D eigenvalue weighted by molar-refractivity contribution is 7.92. The molecule has 0 amide bonds. The average molecular weight is 316 g/mol. The lowest BCUT2D eigenvalue weighted by Crippen LogP contribution is -2.17. The van der Waals surface area contributed by atoms with E-state index in [9.17, 15) is 21.6 Å². The van der Waals surface area contributed by atoms with Gasteiger partial charge in [0.05, 0.1) is 0 Å². The predicted molar refractivity (Wildman–Crippen MR) is 71.5 cm³/mol. The van der Waals surface area contributed by atoms with Crippen LogP contribution in [0.15, 0.2) is 41.3 Å². The number of halogens is 3.